The molecule has 0 bridgehead atoms. The predicted molar refractivity (Wildman–Crippen MR) is 99.7 cm³/mol. The van der Waals surface area contributed by atoms with E-state index >= 15 is 0 Å². The highest BCUT2D eigenvalue weighted by Gasteiger charge is 2.17. The molecule has 0 spiro atoms. The monoisotopic (exact) mass is 305 g/mol. The number of aryl methyl sites for hydroxylation is 1. The number of nitrogens with two attached hydrogens (primary N) is 1. The lowest BCUT2D eigenvalue weighted by Gasteiger charge is -2.29. The number of benzene rings is 1. The molecule has 2 N–H and O–H groups in total. The SMILES string of the molecule is CCCCC(C)CN(C)C(C)c1cc(C)c(N(C)C)c(N)c1. The Morgan fingerprint density at radius 2 is 1.77 bits per heavy atom. The third kappa shape index (κ3) is 4.91. The van der Waals surface area contributed by atoms with Crippen molar-refractivity contribution < 1.29 is 0 Å². The molecule has 0 heterocycles. The van der Waals surface area contributed by atoms with Crippen molar-refractivity contribution in [3.63, 3.8) is 0 Å². The number of rotatable bonds is 8. The van der Waals surface area contributed by atoms with Crippen molar-refractivity contribution in [3.05, 3.63) is 23.3 Å². The zero-order valence-corrected chi connectivity index (χ0v) is 15.6. The number of unbranched alkanes of at least 4 members (excludes halogenated alkanes) is 1. The lowest BCUT2D eigenvalue weighted by atomic mass is 9.99. The van der Waals surface area contributed by atoms with Crippen LogP contribution in [0.25, 0.3) is 0 Å². The fourth-order valence-electron chi connectivity index (χ4n) is 3.24. The summed E-state index contributed by atoms with van der Waals surface area (Å²) in [4.78, 5) is 4.54. The molecule has 0 amide bonds. The van der Waals surface area contributed by atoms with Gasteiger partial charge in [0.25, 0.3) is 0 Å². The molecule has 1 rings (SSSR count). The van der Waals surface area contributed by atoms with Crippen molar-refractivity contribution in [3.8, 4) is 0 Å². The topological polar surface area (TPSA) is 32.5 Å². The summed E-state index contributed by atoms with van der Waals surface area (Å²) < 4.78 is 0. The zero-order valence-electron chi connectivity index (χ0n) is 15.6. The van der Waals surface area contributed by atoms with Crippen LogP contribution in [0.4, 0.5) is 11.4 Å². The van der Waals surface area contributed by atoms with Gasteiger partial charge in [-0.1, -0.05) is 32.8 Å². The van der Waals surface area contributed by atoms with Gasteiger partial charge in [-0.2, -0.15) is 0 Å². The molecular weight excluding hydrogens is 270 g/mol. The molecule has 2 unspecified atom stereocenters. The van der Waals surface area contributed by atoms with Crippen LogP contribution in [0.5, 0.6) is 0 Å². The molecule has 0 aromatic heterocycles. The number of anilines is 2. The highest BCUT2D eigenvalue weighted by Crippen LogP contribution is 2.31. The van der Waals surface area contributed by atoms with E-state index in [1.54, 1.807) is 0 Å². The van der Waals surface area contributed by atoms with Gasteiger partial charge in [-0.25, -0.2) is 0 Å². The molecule has 0 aliphatic carbocycles. The predicted octanol–water partition coefficient (Wildman–Crippen LogP) is 4.46. The molecule has 3 nitrogen and oxygen atoms in total. The lowest BCUT2D eigenvalue weighted by molar-refractivity contribution is 0.220. The highest BCUT2D eigenvalue weighted by molar-refractivity contribution is 5.72. The molecule has 0 saturated heterocycles. The summed E-state index contributed by atoms with van der Waals surface area (Å²) in [6, 6.07) is 4.81. The van der Waals surface area contributed by atoms with E-state index < -0.39 is 0 Å². The van der Waals surface area contributed by atoms with Crippen LogP contribution in [0.1, 0.15) is 57.2 Å². The Morgan fingerprint density at radius 3 is 2.27 bits per heavy atom. The van der Waals surface area contributed by atoms with Crippen LogP contribution < -0.4 is 10.6 Å². The fourth-order valence-corrected chi connectivity index (χ4v) is 3.24. The van der Waals surface area contributed by atoms with E-state index in [4.69, 9.17) is 5.73 Å². The van der Waals surface area contributed by atoms with Crippen molar-refractivity contribution in [2.45, 2.75) is 53.0 Å². The van der Waals surface area contributed by atoms with Gasteiger partial charge in [-0.3, -0.25) is 4.90 Å². The Morgan fingerprint density at radius 1 is 1.14 bits per heavy atom. The number of hydrogen-bond donors (Lipinski definition) is 1. The number of hydrogen-bond acceptors (Lipinski definition) is 3. The smallest absolute Gasteiger partial charge is 0.0624 e. The first-order valence-electron chi connectivity index (χ1n) is 8.55. The second-order valence-electron chi connectivity index (χ2n) is 7.03. The quantitative estimate of drug-likeness (QED) is 0.720. The number of nitrogen functional groups attached to an aromatic ring is 1. The van der Waals surface area contributed by atoms with E-state index in [9.17, 15) is 0 Å². The molecule has 0 aliphatic rings. The number of nitrogens with zero attached hydrogens (tertiary/aromatic N) is 2. The van der Waals surface area contributed by atoms with Gasteiger partial charge in [0.05, 0.1) is 11.4 Å². The van der Waals surface area contributed by atoms with E-state index in [0.29, 0.717) is 6.04 Å². The maximum atomic E-state index is 6.27. The molecule has 3 heteroatoms. The minimum absolute atomic E-state index is 0.390. The molecule has 2 atom stereocenters. The van der Waals surface area contributed by atoms with Crippen molar-refractivity contribution >= 4 is 11.4 Å². The first kappa shape index (κ1) is 18.8. The Balaban J connectivity index is 2.82. The Labute approximate surface area is 137 Å². The average molecular weight is 306 g/mol. The Bertz CT molecular complexity index is 445. The third-order valence-corrected chi connectivity index (χ3v) is 4.59. The van der Waals surface area contributed by atoms with Crippen LogP contribution in [-0.2, 0) is 0 Å². The largest absolute Gasteiger partial charge is 0.397 e. The van der Waals surface area contributed by atoms with E-state index in [1.807, 2.05) is 14.1 Å². The summed E-state index contributed by atoms with van der Waals surface area (Å²) in [5.41, 5.74) is 10.8. The first-order valence-corrected chi connectivity index (χ1v) is 8.55. The van der Waals surface area contributed by atoms with Crippen LogP contribution >= 0.6 is 0 Å². The summed E-state index contributed by atoms with van der Waals surface area (Å²) in [6.45, 7) is 10.2. The van der Waals surface area contributed by atoms with Crippen LogP contribution in [0.3, 0.4) is 0 Å². The second-order valence-corrected chi connectivity index (χ2v) is 7.03. The molecule has 0 fully saturated rings. The third-order valence-electron chi connectivity index (χ3n) is 4.59. The molecule has 22 heavy (non-hydrogen) atoms. The van der Waals surface area contributed by atoms with Gasteiger partial charge in [0.1, 0.15) is 0 Å². The van der Waals surface area contributed by atoms with Crippen LogP contribution in [0.15, 0.2) is 12.1 Å². The molecule has 1 aromatic rings. The molecule has 0 radical (unpaired) electrons. The minimum Gasteiger partial charge on any atom is -0.397 e. The van der Waals surface area contributed by atoms with E-state index in [0.717, 1.165) is 23.8 Å². The van der Waals surface area contributed by atoms with Gasteiger partial charge in [0.2, 0.25) is 0 Å². The van der Waals surface area contributed by atoms with Gasteiger partial charge in [0, 0.05) is 26.7 Å². The normalized spacial score (nSPS) is 14.2. The minimum atomic E-state index is 0.390. The van der Waals surface area contributed by atoms with E-state index in [-0.39, 0.29) is 0 Å². The summed E-state index contributed by atoms with van der Waals surface area (Å²) in [5.74, 6) is 0.742. The fraction of sp³-hybridized carbons (Fsp3) is 0.684. The zero-order chi connectivity index (χ0) is 16.9. The Kier molecular flexibility index (Phi) is 7.21. The maximum Gasteiger partial charge on any atom is 0.0624 e. The summed E-state index contributed by atoms with van der Waals surface area (Å²) in [5, 5.41) is 0. The molecule has 0 aliphatic heterocycles. The van der Waals surface area contributed by atoms with E-state index in [2.05, 4.69) is 56.7 Å². The first-order chi connectivity index (χ1) is 10.3. The lowest BCUT2D eigenvalue weighted by Crippen LogP contribution is -2.27. The summed E-state index contributed by atoms with van der Waals surface area (Å²) >= 11 is 0. The Hall–Kier alpha value is -1.22. The van der Waals surface area contributed by atoms with Crippen molar-refractivity contribution in [1.82, 2.24) is 4.90 Å². The average Bonchev–Trinajstić information content (AvgIpc) is 2.42. The summed E-state index contributed by atoms with van der Waals surface area (Å²) in [7, 11) is 6.31. The molecule has 0 saturated carbocycles. The van der Waals surface area contributed by atoms with Crippen LogP contribution in [0, 0.1) is 12.8 Å². The van der Waals surface area contributed by atoms with Gasteiger partial charge in [-0.05, 0) is 50.4 Å². The van der Waals surface area contributed by atoms with Crippen molar-refractivity contribution in [2.75, 3.05) is 38.3 Å². The summed E-state index contributed by atoms with van der Waals surface area (Å²) in [6.07, 6.45) is 3.92. The molecule has 126 valence electrons. The van der Waals surface area contributed by atoms with Crippen molar-refractivity contribution in [2.24, 2.45) is 5.92 Å². The van der Waals surface area contributed by atoms with E-state index in [1.165, 1.54) is 30.4 Å². The van der Waals surface area contributed by atoms with Crippen molar-refractivity contribution in [1.29, 1.82) is 0 Å². The van der Waals surface area contributed by atoms with Gasteiger partial charge < -0.3 is 10.6 Å². The van der Waals surface area contributed by atoms with Gasteiger partial charge >= 0.3 is 0 Å². The molecule has 1 aromatic carbocycles. The standard InChI is InChI=1S/C19H35N3/c1-8-9-10-14(2)13-22(7)16(4)17-11-15(3)19(21(5)6)18(20)12-17/h11-12,14,16H,8-10,13,20H2,1-7H3. The van der Waals surface area contributed by atoms with Gasteiger partial charge in [0.15, 0.2) is 0 Å². The van der Waals surface area contributed by atoms with Gasteiger partial charge in [-0.15, -0.1) is 0 Å². The maximum absolute atomic E-state index is 6.27. The highest BCUT2D eigenvalue weighted by atomic mass is 15.1. The van der Waals surface area contributed by atoms with Crippen LogP contribution in [0.2, 0.25) is 0 Å². The molecular formula is C19H35N3. The second kappa shape index (κ2) is 8.42. The van der Waals surface area contributed by atoms with Crippen LogP contribution in [-0.4, -0.2) is 32.6 Å².